The van der Waals surface area contributed by atoms with Gasteiger partial charge in [0.05, 0.1) is 27.0 Å². The lowest BCUT2D eigenvalue weighted by molar-refractivity contribution is 0.324. The Balaban J connectivity index is 1.88. The van der Waals surface area contributed by atoms with E-state index in [1.165, 1.54) is 5.56 Å². The molecule has 31 heavy (non-hydrogen) atoms. The zero-order valence-corrected chi connectivity index (χ0v) is 18.5. The number of ether oxygens (including phenoxy) is 3. The van der Waals surface area contributed by atoms with Gasteiger partial charge in [0.15, 0.2) is 23.1 Å². The summed E-state index contributed by atoms with van der Waals surface area (Å²) in [6.07, 6.45) is 0. The van der Waals surface area contributed by atoms with Crippen LogP contribution in [0.2, 0.25) is 0 Å². The summed E-state index contributed by atoms with van der Waals surface area (Å²) in [5.74, 6) is 3.65. The van der Waals surface area contributed by atoms with Gasteiger partial charge in [-0.1, -0.05) is 29.8 Å². The molecule has 0 atom stereocenters. The molecular formula is C23H25N5O3. The average Bonchev–Trinajstić information content (AvgIpc) is 3.07. The molecule has 0 aliphatic heterocycles. The van der Waals surface area contributed by atoms with Crippen LogP contribution in [0.4, 0.5) is 11.5 Å². The Labute approximate surface area is 180 Å². The van der Waals surface area contributed by atoms with Gasteiger partial charge in [-0.05, 0) is 20.8 Å². The number of hydrogen-bond donors (Lipinski definition) is 1. The van der Waals surface area contributed by atoms with Crippen molar-refractivity contribution in [1.29, 1.82) is 0 Å². The van der Waals surface area contributed by atoms with Crippen LogP contribution in [-0.2, 0) is 0 Å². The Bertz CT molecular complexity index is 1220. The number of methoxy groups -OCH3 is 3. The summed E-state index contributed by atoms with van der Waals surface area (Å²) < 4.78 is 18.2. The third kappa shape index (κ3) is 3.72. The van der Waals surface area contributed by atoms with Gasteiger partial charge in [-0.3, -0.25) is 0 Å². The Kier molecular flexibility index (Phi) is 5.37. The maximum Gasteiger partial charge on any atom is 0.203 e. The fourth-order valence-corrected chi connectivity index (χ4v) is 3.53. The van der Waals surface area contributed by atoms with Gasteiger partial charge in [-0.15, -0.1) is 5.10 Å². The highest BCUT2D eigenvalue weighted by Crippen LogP contribution is 2.41. The fourth-order valence-electron chi connectivity index (χ4n) is 3.53. The van der Waals surface area contributed by atoms with Crippen molar-refractivity contribution in [3.8, 4) is 28.6 Å². The van der Waals surface area contributed by atoms with Crippen molar-refractivity contribution in [2.45, 2.75) is 20.8 Å². The minimum absolute atomic E-state index is 0.528. The molecule has 0 saturated carbocycles. The molecule has 4 aromatic rings. The zero-order chi connectivity index (χ0) is 22.1. The van der Waals surface area contributed by atoms with Crippen LogP contribution in [0, 0.1) is 20.8 Å². The zero-order valence-electron chi connectivity index (χ0n) is 18.5. The standard InChI is InChI=1S/C23H25N5O3/c1-13-7-9-16(10-8-13)22-26-23(20-14(2)24-15(3)28(20)27-22)25-17-11-18(29-4)21(31-6)19(12-17)30-5/h7-12H,1-6H3,(H,25,26,27). The van der Waals surface area contributed by atoms with Gasteiger partial charge < -0.3 is 19.5 Å². The predicted octanol–water partition coefficient (Wildman–Crippen LogP) is 4.49. The summed E-state index contributed by atoms with van der Waals surface area (Å²) in [7, 11) is 4.75. The summed E-state index contributed by atoms with van der Waals surface area (Å²) >= 11 is 0. The predicted molar refractivity (Wildman–Crippen MR) is 120 cm³/mol. The van der Waals surface area contributed by atoms with Crippen LogP contribution in [0.1, 0.15) is 17.1 Å². The summed E-state index contributed by atoms with van der Waals surface area (Å²) in [5, 5.41) is 8.12. The van der Waals surface area contributed by atoms with Crippen molar-refractivity contribution in [3.05, 3.63) is 53.5 Å². The minimum Gasteiger partial charge on any atom is -0.493 e. The Hall–Kier alpha value is -3.81. The molecule has 4 rings (SSSR count). The molecule has 8 heteroatoms. The van der Waals surface area contributed by atoms with E-state index in [1.807, 2.05) is 54.8 Å². The number of nitrogens with zero attached hydrogens (tertiary/aromatic N) is 4. The second-order valence-corrected chi connectivity index (χ2v) is 7.19. The van der Waals surface area contributed by atoms with Crippen molar-refractivity contribution >= 4 is 17.0 Å². The van der Waals surface area contributed by atoms with Gasteiger partial charge in [0.1, 0.15) is 11.3 Å². The largest absolute Gasteiger partial charge is 0.493 e. The first kappa shape index (κ1) is 20.5. The molecule has 0 aliphatic carbocycles. The number of aryl methyl sites for hydroxylation is 3. The lowest BCUT2D eigenvalue weighted by atomic mass is 10.1. The van der Waals surface area contributed by atoms with Crippen LogP contribution in [-0.4, -0.2) is 40.9 Å². The summed E-state index contributed by atoms with van der Waals surface area (Å²) in [5.41, 5.74) is 4.48. The Morgan fingerprint density at radius 3 is 2.06 bits per heavy atom. The van der Waals surface area contributed by atoms with Gasteiger partial charge in [0.25, 0.3) is 0 Å². The molecule has 2 aromatic heterocycles. The van der Waals surface area contributed by atoms with Crippen LogP contribution < -0.4 is 19.5 Å². The van der Waals surface area contributed by atoms with E-state index in [9.17, 15) is 0 Å². The molecule has 0 fully saturated rings. The maximum atomic E-state index is 5.48. The molecule has 0 spiro atoms. The SMILES string of the molecule is COc1cc(Nc2nc(-c3ccc(C)cc3)nn3c(C)nc(C)c23)cc(OC)c1OC. The highest BCUT2D eigenvalue weighted by Gasteiger charge is 2.18. The first-order chi connectivity index (χ1) is 14.9. The number of rotatable bonds is 6. The number of nitrogens with one attached hydrogen (secondary N) is 1. The quantitative estimate of drug-likeness (QED) is 0.493. The van der Waals surface area contributed by atoms with Gasteiger partial charge in [0.2, 0.25) is 5.75 Å². The van der Waals surface area contributed by atoms with E-state index in [2.05, 4.69) is 17.2 Å². The first-order valence-electron chi connectivity index (χ1n) is 9.83. The molecular weight excluding hydrogens is 394 g/mol. The molecule has 0 bridgehead atoms. The lowest BCUT2D eigenvalue weighted by Crippen LogP contribution is -2.06. The minimum atomic E-state index is 0.528. The van der Waals surface area contributed by atoms with Crippen LogP contribution in [0.3, 0.4) is 0 Å². The van der Waals surface area contributed by atoms with Gasteiger partial charge in [0, 0.05) is 23.4 Å². The Morgan fingerprint density at radius 2 is 1.48 bits per heavy atom. The molecule has 8 nitrogen and oxygen atoms in total. The van der Waals surface area contributed by atoms with E-state index in [0.29, 0.717) is 28.9 Å². The fraction of sp³-hybridized carbons (Fsp3) is 0.261. The van der Waals surface area contributed by atoms with Crippen molar-refractivity contribution in [3.63, 3.8) is 0 Å². The number of aromatic nitrogens is 4. The monoisotopic (exact) mass is 419 g/mol. The second-order valence-electron chi connectivity index (χ2n) is 7.19. The molecule has 160 valence electrons. The van der Waals surface area contributed by atoms with E-state index in [4.69, 9.17) is 24.3 Å². The highest BCUT2D eigenvalue weighted by atomic mass is 16.5. The third-order valence-corrected chi connectivity index (χ3v) is 5.06. The number of anilines is 2. The van der Waals surface area contributed by atoms with Gasteiger partial charge in [-0.25, -0.2) is 14.5 Å². The van der Waals surface area contributed by atoms with Crippen molar-refractivity contribution < 1.29 is 14.2 Å². The lowest BCUT2D eigenvalue weighted by Gasteiger charge is -2.16. The summed E-state index contributed by atoms with van der Waals surface area (Å²) in [4.78, 5) is 9.42. The second kappa shape index (κ2) is 8.14. The highest BCUT2D eigenvalue weighted by molar-refractivity contribution is 5.78. The van der Waals surface area contributed by atoms with Crippen LogP contribution in [0.25, 0.3) is 16.9 Å². The van der Waals surface area contributed by atoms with E-state index >= 15 is 0 Å². The maximum absolute atomic E-state index is 5.48. The normalized spacial score (nSPS) is 10.9. The molecule has 0 amide bonds. The Morgan fingerprint density at radius 1 is 0.839 bits per heavy atom. The van der Waals surface area contributed by atoms with E-state index in [1.54, 1.807) is 21.3 Å². The molecule has 0 unspecified atom stereocenters. The van der Waals surface area contributed by atoms with E-state index in [-0.39, 0.29) is 0 Å². The smallest absolute Gasteiger partial charge is 0.203 e. The number of fused-ring (bicyclic) bond motifs is 1. The molecule has 1 N–H and O–H groups in total. The molecule has 2 heterocycles. The molecule has 0 aliphatic rings. The average molecular weight is 419 g/mol. The van der Waals surface area contributed by atoms with Crippen molar-refractivity contribution in [1.82, 2.24) is 19.6 Å². The van der Waals surface area contributed by atoms with Crippen LogP contribution in [0.5, 0.6) is 17.2 Å². The van der Waals surface area contributed by atoms with Crippen LogP contribution in [0.15, 0.2) is 36.4 Å². The van der Waals surface area contributed by atoms with Gasteiger partial charge in [-0.2, -0.15) is 0 Å². The van der Waals surface area contributed by atoms with E-state index in [0.717, 1.165) is 28.3 Å². The molecule has 0 saturated heterocycles. The third-order valence-electron chi connectivity index (χ3n) is 5.06. The van der Waals surface area contributed by atoms with Crippen molar-refractivity contribution in [2.75, 3.05) is 26.6 Å². The number of hydrogen-bond acceptors (Lipinski definition) is 7. The number of benzene rings is 2. The first-order valence-corrected chi connectivity index (χ1v) is 9.83. The summed E-state index contributed by atoms with van der Waals surface area (Å²) in [6, 6.07) is 11.8. The molecule has 0 radical (unpaired) electrons. The van der Waals surface area contributed by atoms with Crippen molar-refractivity contribution in [2.24, 2.45) is 0 Å². The van der Waals surface area contributed by atoms with Crippen LogP contribution >= 0.6 is 0 Å². The topological polar surface area (TPSA) is 82.8 Å². The summed E-state index contributed by atoms with van der Waals surface area (Å²) in [6.45, 7) is 5.92. The number of imidazole rings is 1. The van der Waals surface area contributed by atoms with E-state index < -0.39 is 0 Å². The van der Waals surface area contributed by atoms with Gasteiger partial charge >= 0.3 is 0 Å². The molecule has 2 aromatic carbocycles.